The number of carbonyl (C=O) groups is 2. The number of rotatable bonds is 9. The van der Waals surface area contributed by atoms with E-state index in [0.717, 1.165) is 16.7 Å². The summed E-state index contributed by atoms with van der Waals surface area (Å²) in [6.45, 7) is 4.06. The van der Waals surface area contributed by atoms with Gasteiger partial charge < -0.3 is 15.0 Å². The average molecular weight is 383 g/mol. The molecule has 2 aromatic carbocycles. The molecule has 0 aliphatic carbocycles. The summed E-state index contributed by atoms with van der Waals surface area (Å²) in [4.78, 5) is 27.3. The normalized spacial score (nSPS) is 12.9. The number of nitrogens with zero attached hydrogens (tertiary/aromatic N) is 1. The van der Waals surface area contributed by atoms with Gasteiger partial charge in [0.25, 0.3) is 0 Å². The lowest BCUT2D eigenvalue weighted by Crippen LogP contribution is -2.52. The third kappa shape index (κ3) is 5.67. The van der Waals surface area contributed by atoms with Crippen molar-refractivity contribution in [2.24, 2.45) is 0 Å². The summed E-state index contributed by atoms with van der Waals surface area (Å²) in [5.41, 5.74) is 3.19. The molecule has 28 heavy (non-hydrogen) atoms. The highest BCUT2D eigenvalue weighted by atomic mass is 16.5. The van der Waals surface area contributed by atoms with Crippen LogP contribution < -0.4 is 5.32 Å². The summed E-state index contributed by atoms with van der Waals surface area (Å²) in [6, 6.07) is 16.7. The van der Waals surface area contributed by atoms with Gasteiger partial charge in [-0.3, -0.25) is 4.79 Å². The Labute approximate surface area is 167 Å². The molecule has 0 aliphatic heterocycles. The lowest BCUT2D eigenvalue weighted by Gasteiger charge is -2.30. The Morgan fingerprint density at radius 2 is 1.68 bits per heavy atom. The molecule has 5 nitrogen and oxygen atoms in total. The van der Waals surface area contributed by atoms with E-state index in [1.54, 1.807) is 21.0 Å². The second-order valence-corrected chi connectivity index (χ2v) is 6.88. The highest BCUT2D eigenvalue weighted by Crippen LogP contribution is 2.16. The Morgan fingerprint density at radius 3 is 2.29 bits per heavy atom. The standard InChI is InChI=1S/C23H30N2O3/c1-5-28-23(27)21(16-19-14-10-9-11-17(19)2)25(4)22(26)20(24-3)15-18-12-7-6-8-13-18/h6-14,20-21,24H,5,15-16H2,1-4H3. The quantitative estimate of drug-likeness (QED) is 0.678. The summed E-state index contributed by atoms with van der Waals surface area (Å²) in [5, 5.41) is 3.09. The monoisotopic (exact) mass is 382 g/mol. The van der Waals surface area contributed by atoms with Crippen LogP contribution in [0, 0.1) is 6.92 Å². The van der Waals surface area contributed by atoms with Gasteiger partial charge in [-0.2, -0.15) is 0 Å². The van der Waals surface area contributed by atoms with Gasteiger partial charge in [0.15, 0.2) is 0 Å². The van der Waals surface area contributed by atoms with Crippen LogP contribution in [0.5, 0.6) is 0 Å². The van der Waals surface area contributed by atoms with Crippen LogP contribution in [-0.4, -0.2) is 49.6 Å². The molecular formula is C23H30N2O3. The molecule has 0 heterocycles. The Balaban J connectivity index is 2.21. The van der Waals surface area contributed by atoms with E-state index in [9.17, 15) is 9.59 Å². The highest BCUT2D eigenvalue weighted by Gasteiger charge is 2.32. The van der Waals surface area contributed by atoms with Crippen LogP contribution in [0.4, 0.5) is 0 Å². The molecule has 0 spiro atoms. The van der Waals surface area contributed by atoms with Gasteiger partial charge in [-0.1, -0.05) is 54.6 Å². The molecule has 0 fully saturated rings. The molecule has 0 bridgehead atoms. The molecule has 0 saturated heterocycles. The maximum atomic E-state index is 13.2. The molecule has 0 radical (unpaired) electrons. The number of hydrogen-bond donors (Lipinski definition) is 1. The summed E-state index contributed by atoms with van der Waals surface area (Å²) in [5.74, 6) is -0.505. The molecule has 0 aromatic heterocycles. The number of likely N-dealkylation sites (N-methyl/N-ethyl adjacent to an activating group) is 2. The van der Waals surface area contributed by atoms with Gasteiger partial charge in [-0.15, -0.1) is 0 Å². The van der Waals surface area contributed by atoms with Crippen molar-refractivity contribution in [1.82, 2.24) is 10.2 Å². The van der Waals surface area contributed by atoms with Gasteiger partial charge in [-0.25, -0.2) is 4.79 Å². The van der Waals surface area contributed by atoms with Crippen molar-refractivity contribution in [2.45, 2.75) is 38.8 Å². The van der Waals surface area contributed by atoms with Crippen LogP contribution >= 0.6 is 0 Å². The fraction of sp³-hybridized carbons (Fsp3) is 0.391. The Hall–Kier alpha value is -2.66. The van der Waals surface area contributed by atoms with Crippen molar-refractivity contribution in [2.75, 3.05) is 20.7 Å². The average Bonchev–Trinajstić information content (AvgIpc) is 2.71. The number of carbonyl (C=O) groups excluding carboxylic acids is 2. The smallest absolute Gasteiger partial charge is 0.329 e. The third-order valence-corrected chi connectivity index (χ3v) is 4.98. The molecule has 2 rings (SSSR count). The van der Waals surface area contributed by atoms with Crippen molar-refractivity contribution in [3.63, 3.8) is 0 Å². The minimum Gasteiger partial charge on any atom is -0.464 e. The van der Waals surface area contributed by atoms with E-state index in [4.69, 9.17) is 4.74 Å². The van der Waals surface area contributed by atoms with E-state index < -0.39 is 12.1 Å². The molecule has 0 aliphatic rings. The van der Waals surface area contributed by atoms with Crippen molar-refractivity contribution in [3.05, 3.63) is 71.3 Å². The van der Waals surface area contributed by atoms with Gasteiger partial charge >= 0.3 is 5.97 Å². The molecule has 0 saturated carbocycles. The highest BCUT2D eigenvalue weighted by molar-refractivity contribution is 5.88. The zero-order chi connectivity index (χ0) is 20.5. The van der Waals surface area contributed by atoms with Gasteiger partial charge in [0, 0.05) is 13.5 Å². The Morgan fingerprint density at radius 1 is 1.04 bits per heavy atom. The predicted molar refractivity (Wildman–Crippen MR) is 111 cm³/mol. The van der Waals surface area contributed by atoms with E-state index in [1.165, 1.54) is 4.90 Å². The van der Waals surface area contributed by atoms with Crippen LogP contribution in [0.1, 0.15) is 23.6 Å². The maximum Gasteiger partial charge on any atom is 0.329 e. The molecular weight excluding hydrogens is 352 g/mol. The first kappa shape index (κ1) is 21.6. The fourth-order valence-electron chi connectivity index (χ4n) is 3.23. The van der Waals surface area contributed by atoms with E-state index >= 15 is 0 Å². The van der Waals surface area contributed by atoms with Gasteiger partial charge in [0.05, 0.1) is 12.6 Å². The van der Waals surface area contributed by atoms with Crippen molar-refractivity contribution < 1.29 is 14.3 Å². The number of nitrogens with one attached hydrogen (secondary N) is 1. The predicted octanol–water partition coefficient (Wildman–Crippen LogP) is 2.76. The Bertz CT molecular complexity index is 776. The van der Waals surface area contributed by atoms with E-state index in [1.807, 2.05) is 61.5 Å². The molecule has 5 heteroatoms. The van der Waals surface area contributed by atoms with Crippen molar-refractivity contribution in [3.8, 4) is 0 Å². The van der Waals surface area contributed by atoms with Gasteiger partial charge in [-0.05, 0) is 44.0 Å². The fourth-order valence-corrected chi connectivity index (χ4v) is 3.23. The summed E-state index contributed by atoms with van der Waals surface area (Å²) in [6.07, 6.45) is 0.982. The molecule has 2 unspecified atom stereocenters. The summed E-state index contributed by atoms with van der Waals surface area (Å²) in [7, 11) is 3.44. The van der Waals surface area contributed by atoms with Crippen LogP contribution in [0.3, 0.4) is 0 Å². The van der Waals surface area contributed by atoms with Crippen LogP contribution in [0.15, 0.2) is 54.6 Å². The molecule has 1 N–H and O–H groups in total. The molecule has 2 atom stereocenters. The number of aryl methyl sites for hydroxylation is 1. The summed E-state index contributed by atoms with van der Waals surface area (Å²) < 4.78 is 5.27. The van der Waals surface area contributed by atoms with Crippen LogP contribution in [-0.2, 0) is 27.2 Å². The van der Waals surface area contributed by atoms with Crippen molar-refractivity contribution >= 4 is 11.9 Å². The number of benzene rings is 2. The Kier molecular flexibility index (Phi) is 8.20. The first-order valence-electron chi connectivity index (χ1n) is 9.66. The van der Waals surface area contributed by atoms with Gasteiger partial charge in [0.1, 0.15) is 6.04 Å². The largest absolute Gasteiger partial charge is 0.464 e. The lowest BCUT2D eigenvalue weighted by molar-refractivity contribution is -0.154. The van der Waals surface area contributed by atoms with Crippen LogP contribution in [0.2, 0.25) is 0 Å². The van der Waals surface area contributed by atoms with E-state index in [-0.39, 0.29) is 18.5 Å². The number of esters is 1. The molecule has 1 amide bonds. The maximum absolute atomic E-state index is 13.2. The number of amides is 1. The van der Waals surface area contributed by atoms with E-state index in [0.29, 0.717) is 12.8 Å². The molecule has 150 valence electrons. The lowest BCUT2D eigenvalue weighted by atomic mass is 9.99. The topological polar surface area (TPSA) is 58.6 Å². The second-order valence-electron chi connectivity index (χ2n) is 6.88. The zero-order valence-corrected chi connectivity index (χ0v) is 17.1. The second kappa shape index (κ2) is 10.6. The minimum absolute atomic E-state index is 0.127. The first-order valence-corrected chi connectivity index (χ1v) is 9.66. The first-order chi connectivity index (χ1) is 13.5. The third-order valence-electron chi connectivity index (χ3n) is 4.98. The molecule has 2 aromatic rings. The number of hydrogen-bond acceptors (Lipinski definition) is 4. The van der Waals surface area contributed by atoms with Crippen LogP contribution in [0.25, 0.3) is 0 Å². The SMILES string of the molecule is CCOC(=O)C(Cc1ccccc1C)N(C)C(=O)C(Cc1ccccc1)NC. The van der Waals surface area contributed by atoms with Crippen molar-refractivity contribution in [1.29, 1.82) is 0 Å². The summed E-state index contributed by atoms with van der Waals surface area (Å²) >= 11 is 0. The zero-order valence-electron chi connectivity index (χ0n) is 17.1. The number of ether oxygens (including phenoxy) is 1. The minimum atomic E-state index is -0.667. The van der Waals surface area contributed by atoms with E-state index in [2.05, 4.69) is 5.32 Å². The van der Waals surface area contributed by atoms with Gasteiger partial charge in [0.2, 0.25) is 5.91 Å².